The third-order valence-corrected chi connectivity index (χ3v) is 5.38. The van der Waals surface area contributed by atoms with Crippen LogP contribution in [0.4, 0.5) is 0 Å². The van der Waals surface area contributed by atoms with E-state index in [0.717, 1.165) is 0 Å². The first-order valence-corrected chi connectivity index (χ1v) is 9.67. The van der Waals surface area contributed by atoms with Gasteiger partial charge < -0.3 is 10.2 Å². The molecule has 8 heteroatoms. The second-order valence-electron chi connectivity index (χ2n) is 6.51. The summed E-state index contributed by atoms with van der Waals surface area (Å²) in [5, 5.41) is 19.8. The Labute approximate surface area is 182 Å². The van der Waals surface area contributed by atoms with E-state index in [2.05, 4.69) is 0 Å². The fourth-order valence-corrected chi connectivity index (χ4v) is 3.96. The number of halogens is 4. The molecule has 0 aliphatic carbocycles. The second kappa shape index (κ2) is 8.36. The van der Waals surface area contributed by atoms with Gasteiger partial charge in [-0.05, 0) is 54.6 Å². The monoisotopic (exact) mass is 457 g/mol. The third-order valence-electron chi connectivity index (χ3n) is 4.22. The lowest BCUT2D eigenvalue weighted by Gasteiger charge is -2.26. The van der Waals surface area contributed by atoms with Gasteiger partial charge in [0.25, 0.3) is 0 Å². The van der Waals surface area contributed by atoms with Crippen LogP contribution in [-0.2, 0) is 4.79 Å². The minimum atomic E-state index is -0.195. The van der Waals surface area contributed by atoms with Gasteiger partial charge in [-0.25, -0.2) is 0 Å². The Kier molecular flexibility index (Phi) is 6.28. The quantitative estimate of drug-likeness (QED) is 0.567. The number of hydrogen-bond donors (Lipinski definition) is 2. The van der Waals surface area contributed by atoms with E-state index in [1.54, 1.807) is 36.4 Å². The molecule has 1 aliphatic rings. The SMILES string of the molecule is CN1C/C(=C\c2cc(Cl)c(O)c(Cl)c2)C(=O)/C(=C/c2cc(Cl)c(O)c(Cl)c2)C1. The Hall–Kier alpha value is -1.69. The molecule has 4 nitrogen and oxygen atoms in total. The highest BCUT2D eigenvalue weighted by Crippen LogP contribution is 2.35. The van der Waals surface area contributed by atoms with Gasteiger partial charge in [0.05, 0.1) is 20.1 Å². The summed E-state index contributed by atoms with van der Waals surface area (Å²) in [6, 6.07) is 6.17. The fraction of sp³-hybridized carbons (Fsp3) is 0.150. The molecule has 2 aromatic carbocycles. The van der Waals surface area contributed by atoms with Crippen LogP contribution in [-0.4, -0.2) is 41.0 Å². The number of likely N-dealkylation sites (N-methyl/N-ethyl adjacent to an activating group) is 1. The van der Waals surface area contributed by atoms with Crippen molar-refractivity contribution in [1.29, 1.82) is 0 Å². The molecule has 1 aliphatic heterocycles. The van der Waals surface area contributed by atoms with Crippen LogP contribution in [0, 0.1) is 0 Å². The first-order chi connectivity index (χ1) is 13.2. The van der Waals surface area contributed by atoms with Gasteiger partial charge in [0, 0.05) is 24.2 Å². The standard InChI is InChI=1S/C20H15Cl4NO3/c1-25-8-12(2-10-4-14(21)19(27)15(22)5-10)18(26)13(9-25)3-11-6-16(23)20(28)17(24)7-11/h2-7,27-28H,8-9H2,1H3/b12-2+,13-3+. The molecular formula is C20H15Cl4NO3. The number of nitrogens with zero attached hydrogens (tertiary/aromatic N) is 1. The first-order valence-electron chi connectivity index (χ1n) is 8.16. The smallest absolute Gasteiger partial charge is 0.187 e. The number of carbonyl (C=O) groups is 1. The number of likely N-dealkylation sites (tertiary alicyclic amines) is 1. The van der Waals surface area contributed by atoms with E-state index in [0.29, 0.717) is 35.4 Å². The van der Waals surface area contributed by atoms with Crippen molar-refractivity contribution >= 4 is 64.3 Å². The molecule has 2 aromatic rings. The van der Waals surface area contributed by atoms with Crippen molar-refractivity contribution in [3.05, 3.63) is 66.6 Å². The minimum Gasteiger partial charge on any atom is -0.505 e. The number of hydrogen-bond acceptors (Lipinski definition) is 4. The number of carbonyl (C=O) groups excluding carboxylic acids is 1. The van der Waals surface area contributed by atoms with Crippen LogP contribution in [0.5, 0.6) is 11.5 Å². The van der Waals surface area contributed by atoms with E-state index in [9.17, 15) is 15.0 Å². The molecule has 3 rings (SSSR count). The zero-order valence-electron chi connectivity index (χ0n) is 14.6. The maximum atomic E-state index is 13.0. The van der Waals surface area contributed by atoms with Gasteiger partial charge >= 0.3 is 0 Å². The van der Waals surface area contributed by atoms with Crippen LogP contribution >= 0.6 is 46.4 Å². The molecular weight excluding hydrogens is 444 g/mol. The van der Waals surface area contributed by atoms with Crippen LogP contribution in [0.15, 0.2) is 35.4 Å². The highest BCUT2D eigenvalue weighted by atomic mass is 35.5. The maximum absolute atomic E-state index is 13.0. The Bertz CT molecular complexity index is 905. The van der Waals surface area contributed by atoms with Gasteiger partial charge in [-0.1, -0.05) is 46.4 Å². The van der Waals surface area contributed by atoms with Gasteiger partial charge in [-0.3, -0.25) is 9.69 Å². The number of ketones is 1. The van der Waals surface area contributed by atoms with Crippen molar-refractivity contribution in [2.45, 2.75) is 0 Å². The van der Waals surface area contributed by atoms with Crippen molar-refractivity contribution in [3.8, 4) is 11.5 Å². The number of phenols is 2. The molecule has 146 valence electrons. The highest BCUT2D eigenvalue weighted by Gasteiger charge is 2.24. The maximum Gasteiger partial charge on any atom is 0.187 e. The van der Waals surface area contributed by atoms with Crippen LogP contribution in [0.3, 0.4) is 0 Å². The normalized spacial score (nSPS) is 18.2. The summed E-state index contributed by atoms with van der Waals surface area (Å²) in [6.07, 6.45) is 3.39. The highest BCUT2D eigenvalue weighted by molar-refractivity contribution is 6.38. The Balaban J connectivity index is 1.99. The van der Waals surface area contributed by atoms with Crippen LogP contribution in [0.25, 0.3) is 12.2 Å². The van der Waals surface area contributed by atoms with E-state index in [-0.39, 0.29) is 37.4 Å². The van der Waals surface area contributed by atoms with E-state index in [4.69, 9.17) is 46.4 Å². The van der Waals surface area contributed by atoms with Gasteiger partial charge in [0.15, 0.2) is 17.3 Å². The molecule has 0 amide bonds. The average molecular weight is 459 g/mol. The number of rotatable bonds is 2. The van der Waals surface area contributed by atoms with E-state index in [1.807, 2.05) is 11.9 Å². The topological polar surface area (TPSA) is 60.8 Å². The van der Waals surface area contributed by atoms with Gasteiger partial charge in [-0.2, -0.15) is 0 Å². The molecule has 0 saturated carbocycles. The first kappa shape index (κ1) is 21.0. The van der Waals surface area contributed by atoms with E-state index < -0.39 is 0 Å². The van der Waals surface area contributed by atoms with Crippen LogP contribution < -0.4 is 0 Å². The Morgan fingerprint density at radius 2 is 1.11 bits per heavy atom. The van der Waals surface area contributed by atoms with E-state index in [1.165, 1.54) is 0 Å². The summed E-state index contributed by atoms with van der Waals surface area (Å²) < 4.78 is 0. The summed E-state index contributed by atoms with van der Waals surface area (Å²) in [5.41, 5.74) is 2.32. The summed E-state index contributed by atoms with van der Waals surface area (Å²) in [7, 11) is 1.89. The molecule has 0 bridgehead atoms. The third kappa shape index (κ3) is 4.48. The predicted octanol–water partition coefficient (Wildman–Crippen LogP) is 5.69. The summed E-state index contributed by atoms with van der Waals surface area (Å²) in [6.45, 7) is 0.896. The largest absolute Gasteiger partial charge is 0.505 e. The second-order valence-corrected chi connectivity index (χ2v) is 8.14. The fourth-order valence-electron chi connectivity index (χ4n) is 2.95. The van der Waals surface area contributed by atoms with Crippen LogP contribution in [0.1, 0.15) is 11.1 Å². The molecule has 0 atom stereocenters. The van der Waals surface area contributed by atoms with Crippen molar-refractivity contribution in [3.63, 3.8) is 0 Å². The number of piperidine rings is 1. The van der Waals surface area contributed by atoms with Gasteiger partial charge in [-0.15, -0.1) is 0 Å². The molecule has 0 unspecified atom stereocenters. The van der Waals surface area contributed by atoms with Crippen molar-refractivity contribution < 1.29 is 15.0 Å². The van der Waals surface area contributed by atoms with Gasteiger partial charge in [0.1, 0.15) is 0 Å². The van der Waals surface area contributed by atoms with E-state index >= 15 is 0 Å². The average Bonchev–Trinajstić information content (AvgIpc) is 2.61. The Morgan fingerprint density at radius 1 is 0.786 bits per heavy atom. The summed E-state index contributed by atoms with van der Waals surface area (Å²) in [4.78, 5) is 14.9. The number of aromatic hydroxyl groups is 2. The number of phenolic OH excluding ortho intramolecular Hbond substituents is 2. The lowest BCUT2D eigenvalue weighted by molar-refractivity contribution is -0.113. The molecule has 2 N–H and O–H groups in total. The molecule has 0 spiro atoms. The molecule has 0 aromatic heterocycles. The van der Waals surface area contributed by atoms with Gasteiger partial charge in [0.2, 0.25) is 0 Å². The molecule has 28 heavy (non-hydrogen) atoms. The molecule has 1 fully saturated rings. The molecule has 1 heterocycles. The lowest BCUT2D eigenvalue weighted by Crippen LogP contribution is -2.34. The summed E-state index contributed by atoms with van der Waals surface area (Å²) >= 11 is 23.9. The van der Waals surface area contributed by atoms with Crippen molar-refractivity contribution in [2.75, 3.05) is 20.1 Å². The van der Waals surface area contributed by atoms with Crippen molar-refractivity contribution in [1.82, 2.24) is 4.90 Å². The lowest BCUT2D eigenvalue weighted by atomic mass is 9.94. The predicted molar refractivity (Wildman–Crippen MR) is 115 cm³/mol. The zero-order chi connectivity index (χ0) is 20.6. The number of Topliss-reactive ketones (excluding diaryl/α,β-unsaturated/α-hetero) is 1. The minimum absolute atomic E-state index is 0.111. The molecule has 1 saturated heterocycles. The van der Waals surface area contributed by atoms with Crippen molar-refractivity contribution in [2.24, 2.45) is 0 Å². The molecule has 0 radical (unpaired) electrons. The zero-order valence-corrected chi connectivity index (χ0v) is 17.7. The summed E-state index contributed by atoms with van der Waals surface area (Å²) in [5.74, 6) is -0.516. The van der Waals surface area contributed by atoms with Crippen LogP contribution in [0.2, 0.25) is 20.1 Å². The Morgan fingerprint density at radius 3 is 1.43 bits per heavy atom. The number of benzene rings is 2.